The van der Waals surface area contributed by atoms with Gasteiger partial charge in [-0.2, -0.15) is 13.2 Å². The Balaban J connectivity index is 1.97. The van der Waals surface area contributed by atoms with Crippen molar-refractivity contribution in [1.82, 2.24) is 14.9 Å². The molecule has 1 aliphatic rings. The van der Waals surface area contributed by atoms with Crippen molar-refractivity contribution >= 4 is 11.8 Å². The van der Waals surface area contributed by atoms with Crippen molar-refractivity contribution in [2.24, 2.45) is 0 Å². The summed E-state index contributed by atoms with van der Waals surface area (Å²) < 4.78 is 43.9. The molecule has 1 fully saturated rings. The predicted molar refractivity (Wildman–Crippen MR) is 121 cm³/mol. The van der Waals surface area contributed by atoms with E-state index in [-0.39, 0.29) is 35.1 Å². The largest absolute Gasteiger partial charge is 0.462 e. The van der Waals surface area contributed by atoms with Gasteiger partial charge in [0.15, 0.2) is 5.82 Å². The highest BCUT2D eigenvalue weighted by Gasteiger charge is 2.43. The molecule has 0 saturated carbocycles. The number of rotatable bonds is 5. The Morgan fingerprint density at radius 3 is 2.24 bits per heavy atom. The number of ether oxygens (including phenoxy) is 1. The number of nitrogens with zero attached hydrogens (tertiary/aromatic N) is 3. The van der Waals surface area contributed by atoms with Gasteiger partial charge in [0.05, 0.1) is 12.2 Å². The fourth-order valence-corrected chi connectivity index (χ4v) is 4.46. The second-order valence-electron chi connectivity index (χ2n) is 9.68. The number of carbonyl (C=O) groups excluding carboxylic acids is 1. The van der Waals surface area contributed by atoms with Gasteiger partial charge in [0.2, 0.25) is 0 Å². The second-order valence-corrected chi connectivity index (χ2v) is 9.68. The number of likely N-dealkylation sites (tertiary alicyclic amines) is 1. The Labute approximate surface area is 192 Å². The molecule has 6 nitrogen and oxygen atoms in total. The number of anilines is 1. The molecule has 0 unspecified atom stereocenters. The molecule has 1 aromatic heterocycles. The van der Waals surface area contributed by atoms with Crippen LogP contribution in [0, 0.1) is 0 Å². The van der Waals surface area contributed by atoms with E-state index in [0.29, 0.717) is 11.4 Å². The van der Waals surface area contributed by atoms with Crippen molar-refractivity contribution in [2.75, 3.05) is 19.0 Å². The van der Waals surface area contributed by atoms with Crippen LogP contribution in [0.3, 0.4) is 0 Å². The number of halogens is 3. The van der Waals surface area contributed by atoms with E-state index in [1.807, 2.05) is 0 Å². The van der Waals surface area contributed by atoms with Crippen molar-refractivity contribution < 1.29 is 22.7 Å². The van der Waals surface area contributed by atoms with Crippen LogP contribution in [-0.2, 0) is 10.9 Å². The highest BCUT2D eigenvalue weighted by atomic mass is 19.4. The molecule has 0 bridgehead atoms. The van der Waals surface area contributed by atoms with Crippen molar-refractivity contribution in [2.45, 2.75) is 70.8 Å². The average Bonchev–Trinajstić information content (AvgIpc) is 2.71. The number of hydrogen-bond acceptors (Lipinski definition) is 6. The third kappa shape index (κ3) is 5.46. The van der Waals surface area contributed by atoms with Crippen molar-refractivity contribution in [3.8, 4) is 11.4 Å². The number of hydrogen-bond donors (Lipinski definition) is 1. The van der Waals surface area contributed by atoms with Gasteiger partial charge in [0.1, 0.15) is 11.4 Å². The smallest absolute Gasteiger partial charge is 0.416 e. The maximum Gasteiger partial charge on any atom is 0.416 e. The van der Waals surface area contributed by atoms with Gasteiger partial charge in [-0.1, -0.05) is 12.1 Å². The van der Waals surface area contributed by atoms with Gasteiger partial charge in [0.25, 0.3) is 0 Å². The fourth-order valence-electron chi connectivity index (χ4n) is 4.46. The summed E-state index contributed by atoms with van der Waals surface area (Å²) in [5.74, 6) is -0.00404. The molecular weight excluding hydrogens is 433 g/mol. The molecule has 2 heterocycles. The molecule has 0 spiro atoms. The van der Waals surface area contributed by atoms with E-state index in [9.17, 15) is 18.0 Å². The Morgan fingerprint density at radius 2 is 1.73 bits per heavy atom. The number of piperidine rings is 1. The van der Waals surface area contributed by atoms with Gasteiger partial charge in [-0.3, -0.25) is 4.90 Å². The standard InChI is InChI=1S/C24H31F3N4O2/c1-7-33-21(32)18-14-28-19(15-8-10-16(11-9-15)24(25,26)27)30-20(18)29-17-12-22(2,3)31(6)23(4,5)13-17/h8-11,14,17H,7,12-13H2,1-6H3,(H,28,29,30). The number of alkyl halides is 3. The van der Waals surface area contributed by atoms with Crippen LogP contribution in [0.1, 0.15) is 63.4 Å². The van der Waals surface area contributed by atoms with Crippen LogP contribution < -0.4 is 5.32 Å². The molecule has 0 atom stereocenters. The Bertz CT molecular complexity index is 986. The normalized spacial score (nSPS) is 18.7. The summed E-state index contributed by atoms with van der Waals surface area (Å²) in [7, 11) is 2.10. The van der Waals surface area contributed by atoms with E-state index >= 15 is 0 Å². The average molecular weight is 465 g/mol. The quantitative estimate of drug-likeness (QED) is 0.598. The summed E-state index contributed by atoms with van der Waals surface area (Å²) in [5.41, 5.74) is -0.310. The van der Waals surface area contributed by atoms with E-state index in [4.69, 9.17) is 4.74 Å². The van der Waals surface area contributed by atoms with Gasteiger partial charge in [-0.25, -0.2) is 14.8 Å². The van der Waals surface area contributed by atoms with Crippen LogP contribution in [0.4, 0.5) is 19.0 Å². The van der Waals surface area contributed by atoms with Crippen molar-refractivity contribution in [3.63, 3.8) is 0 Å². The lowest BCUT2D eigenvalue weighted by Gasteiger charge is -2.53. The van der Waals surface area contributed by atoms with Crippen LogP contribution in [0.5, 0.6) is 0 Å². The van der Waals surface area contributed by atoms with Gasteiger partial charge < -0.3 is 10.1 Å². The molecule has 0 aliphatic carbocycles. The molecule has 0 radical (unpaired) electrons. The third-order valence-corrected chi connectivity index (χ3v) is 6.40. The summed E-state index contributed by atoms with van der Waals surface area (Å²) in [4.78, 5) is 23.6. The first-order valence-corrected chi connectivity index (χ1v) is 11.0. The summed E-state index contributed by atoms with van der Waals surface area (Å²) in [6.07, 6.45) is -1.43. The van der Waals surface area contributed by atoms with Gasteiger partial charge in [-0.05, 0) is 66.6 Å². The first kappa shape index (κ1) is 25.0. The summed E-state index contributed by atoms with van der Waals surface area (Å²) >= 11 is 0. The summed E-state index contributed by atoms with van der Waals surface area (Å²) in [6, 6.07) is 4.66. The molecule has 9 heteroatoms. The number of benzene rings is 1. The zero-order chi connectivity index (χ0) is 24.6. The maximum atomic E-state index is 12.9. The summed E-state index contributed by atoms with van der Waals surface area (Å²) in [6.45, 7) is 10.6. The molecule has 1 saturated heterocycles. The molecule has 0 amide bonds. The zero-order valence-corrected chi connectivity index (χ0v) is 19.9. The molecule has 2 aromatic rings. The molecule has 3 rings (SSSR count). The molecule has 1 N–H and O–H groups in total. The minimum absolute atomic E-state index is 0.0229. The monoisotopic (exact) mass is 464 g/mol. The van der Waals surface area contributed by atoms with Gasteiger partial charge in [0, 0.05) is 28.9 Å². The SMILES string of the molecule is CCOC(=O)c1cnc(-c2ccc(C(F)(F)F)cc2)nc1NC1CC(C)(C)N(C)C(C)(C)C1. The van der Waals surface area contributed by atoms with E-state index in [1.165, 1.54) is 18.3 Å². The maximum absolute atomic E-state index is 12.9. The van der Waals surface area contributed by atoms with E-state index in [0.717, 1.165) is 25.0 Å². The van der Waals surface area contributed by atoms with E-state index < -0.39 is 17.7 Å². The van der Waals surface area contributed by atoms with Crippen LogP contribution >= 0.6 is 0 Å². The van der Waals surface area contributed by atoms with Crippen LogP contribution in [0.2, 0.25) is 0 Å². The minimum Gasteiger partial charge on any atom is -0.462 e. The molecule has 1 aliphatic heterocycles. The number of esters is 1. The molecule has 1 aromatic carbocycles. The highest BCUT2D eigenvalue weighted by Crippen LogP contribution is 2.38. The van der Waals surface area contributed by atoms with Crippen LogP contribution in [0.25, 0.3) is 11.4 Å². The zero-order valence-electron chi connectivity index (χ0n) is 19.9. The van der Waals surface area contributed by atoms with E-state index in [2.05, 4.69) is 54.9 Å². The van der Waals surface area contributed by atoms with Crippen molar-refractivity contribution in [3.05, 3.63) is 41.6 Å². The lowest BCUT2D eigenvalue weighted by Crippen LogP contribution is -2.61. The van der Waals surface area contributed by atoms with Crippen LogP contribution in [0.15, 0.2) is 30.5 Å². The topological polar surface area (TPSA) is 67.3 Å². The Morgan fingerprint density at radius 1 is 1.15 bits per heavy atom. The minimum atomic E-state index is -4.42. The number of nitrogens with one attached hydrogen (secondary N) is 1. The Kier molecular flexibility index (Phi) is 6.75. The van der Waals surface area contributed by atoms with Crippen LogP contribution in [-0.4, -0.2) is 51.6 Å². The summed E-state index contributed by atoms with van der Waals surface area (Å²) in [5, 5.41) is 3.41. The first-order valence-electron chi connectivity index (χ1n) is 11.0. The first-order chi connectivity index (χ1) is 15.2. The second kappa shape index (κ2) is 8.93. The third-order valence-electron chi connectivity index (χ3n) is 6.40. The molecule has 180 valence electrons. The fraction of sp³-hybridized carbons (Fsp3) is 0.542. The molecular formula is C24H31F3N4O2. The number of carbonyl (C=O) groups is 1. The molecule has 33 heavy (non-hydrogen) atoms. The highest BCUT2D eigenvalue weighted by molar-refractivity contribution is 5.94. The Hall–Kier alpha value is -2.68. The number of aromatic nitrogens is 2. The van der Waals surface area contributed by atoms with Gasteiger partial charge >= 0.3 is 12.1 Å². The lowest BCUT2D eigenvalue weighted by molar-refractivity contribution is -0.137. The van der Waals surface area contributed by atoms with Gasteiger partial charge in [-0.15, -0.1) is 0 Å². The van der Waals surface area contributed by atoms with Crippen molar-refractivity contribution in [1.29, 1.82) is 0 Å². The van der Waals surface area contributed by atoms with E-state index in [1.54, 1.807) is 6.92 Å². The lowest BCUT2D eigenvalue weighted by atomic mass is 9.77. The predicted octanol–water partition coefficient (Wildman–Crippen LogP) is 5.40.